The van der Waals surface area contributed by atoms with Crippen LogP contribution in [0.4, 0.5) is 13.2 Å². The number of nitrogens with zero attached hydrogens (tertiary/aromatic N) is 2. The number of alkyl halides is 3. The molecule has 1 saturated heterocycles. The molecule has 2 aliphatic rings. The van der Waals surface area contributed by atoms with Crippen molar-refractivity contribution in [3.05, 3.63) is 29.3 Å². The second-order valence-corrected chi connectivity index (χ2v) is 5.83. The van der Waals surface area contributed by atoms with Crippen molar-refractivity contribution in [2.24, 2.45) is 0 Å². The van der Waals surface area contributed by atoms with E-state index < -0.39 is 12.7 Å². The minimum atomic E-state index is -4.12. The van der Waals surface area contributed by atoms with Crippen molar-refractivity contribution in [1.82, 2.24) is 9.80 Å². The Morgan fingerprint density at radius 2 is 1.86 bits per heavy atom. The molecule has 1 heterocycles. The van der Waals surface area contributed by atoms with Gasteiger partial charge in [-0.3, -0.25) is 9.80 Å². The average Bonchev–Trinajstić information content (AvgIpc) is 2.83. The number of hydrogen-bond donors (Lipinski definition) is 1. The maximum atomic E-state index is 12.4. The summed E-state index contributed by atoms with van der Waals surface area (Å²) in [6.45, 7) is 1.38. The van der Waals surface area contributed by atoms with Crippen molar-refractivity contribution in [1.29, 1.82) is 0 Å². The second kappa shape index (κ2) is 5.50. The molecule has 0 aromatic heterocycles. The van der Waals surface area contributed by atoms with Crippen LogP contribution in [0.2, 0.25) is 0 Å². The summed E-state index contributed by atoms with van der Waals surface area (Å²) in [6.07, 6.45) is -2.34. The first-order valence-corrected chi connectivity index (χ1v) is 7.28. The van der Waals surface area contributed by atoms with Gasteiger partial charge in [0.05, 0.1) is 6.54 Å². The summed E-state index contributed by atoms with van der Waals surface area (Å²) in [5.74, 6) is 0.339. The standard InChI is InChI=1S/C15H19F3N2O/c16-15(17,18)10-19-6-8-20(9-7-19)13-5-4-12-11(13)2-1-3-14(12)21/h1-3,13,21H,4-10H2. The lowest BCUT2D eigenvalue weighted by Gasteiger charge is -2.38. The molecule has 0 radical (unpaired) electrons. The maximum absolute atomic E-state index is 12.4. The van der Waals surface area contributed by atoms with Crippen LogP contribution in [0.1, 0.15) is 23.6 Å². The van der Waals surface area contributed by atoms with Gasteiger partial charge >= 0.3 is 6.18 Å². The summed E-state index contributed by atoms with van der Waals surface area (Å²) in [7, 11) is 0. The van der Waals surface area contributed by atoms with Crippen molar-refractivity contribution in [3.8, 4) is 5.75 Å². The Hall–Kier alpha value is -1.27. The predicted octanol–water partition coefficient (Wildman–Crippen LogP) is 2.56. The molecule has 1 fully saturated rings. The van der Waals surface area contributed by atoms with Gasteiger partial charge < -0.3 is 5.11 Å². The number of phenols is 1. The van der Waals surface area contributed by atoms with Gasteiger partial charge in [-0.1, -0.05) is 12.1 Å². The molecule has 1 unspecified atom stereocenters. The highest BCUT2D eigenvalue weighted by Crippen LogP contribution is 2.40. The monoisotopic (exact) mass is 300 g/mol. The maximum Gasteiger partial charge on any atom is 0.401 e. The number of aromatic hydroxyl groups is 1. The highest BCUT2D eigenvalue weighted by molar-refractivity contribution is 5.44. The minimum Gasteiger partial charge on any atom is -0.508 e. The van der Waals surface area contributed by atoms with Crippen LogP contribution >= 0.6 is 0 Å². The van der Waals surface area contributed by atoms with Crippen LogP contribution in [0.3, 0.4) is 0 Å². The Morgan fingerprint density at radius 1 is 1.14 bits per heavy atom. The lowest BCUT2D eigenvalue weighted by molar-refractivity contribution is -0.149. The predicted molar refractivity (Wildman–Crippen MR) is 73.2 cm³/mol. The molecular weight excluding hydrogens is 281 g/mol. The Morgan fingerprint density at radius 3 is 2.52 bits per heavy atom. The van der Waals surface area contributed by atoms with Crippen LogP contribution < -0.4 is 0 Å². The SMILES string of the molecule is Oc1cccc2c1CCC2N1CCN(CC(F)(F)F)CC1. The quantitative estimate of drug-likeness (QED) is 0.909. The fourth-order valence-electron chi connectivity index (χ4n) is 3.48. The van der Waals surface area contributed by atoms with Gasteiger partial charge in [-0.15, -0.1) is 0 Å². The molecule has 21 heavy (non-hydrogen) atoms. The van der Waals surface area contributed by atoms with Crippen molar-refractivity contribution in [2.45, 2.75) is 25.1 Å². The highest BCUT2D eigenvalue weighted by Gasteiger charge is 2.35. The second-order valence-electron chi connectivity index (χ2n) is 5.83. The fraction of sp³-hybridized carbons (Fsp3) is 0.600. The third kappa shape index (κ3) is 3.16. The molecule has 116 valence electrons. The van der Waals surface area contributed by atoms with Crippen LogP contribution in [-0.2, 0) is 6.42 Å². The van der Waals surface area contributed by atoms with Crippen molar-refractivity contribution in [2.75, 3.05) is 32.7 Å². The van der Waals surface area contributed by atoms with E-state index in [1.807, 2.05) is 12.1 Å². The zero-order valence-corrected chi connectivity index (χ0v) is 11.7. The van der Waals surface area contributed by atoms with E-state index in [0.29, 0.717) is 31.9 Å². The molecule has 3 nitrogen and oxygen atoms in total. The summed E-state index contributed by atoms with van der Waals surface area (Å²) in [5.41, 5.74) is 2.14. The highest BCUT2D eigenvalue weighted by atomic mass is 19.4. The van der Waals surface area contributed by atoms with Crippen LogP contribution in [0.25, 0.3) is 0 Å². The Bertz CT molecular complexity index is 510. The van der Waals surface area contributed by atoms with Gasteiger partial charge in [0.15, 0.2) is 0 Å². The number of phenolic OH excluding ortho intramolecular Hbond substituents is 1. The number of hydrogen-bond acceptors (Lipinski definition) is 3. The topological polar surface area (TPSA) is 26.7 Å². The molecule has 0 bridgehead atoms. The average molecular weight is 300 g/mol. The number of halogens is 3. The van der Waals surface area contributed by atoms with Crippen LogP contribution in [0, 0.1) is 0 Å². The van der Waals surface area contributed by atoms with E-state index in [-0.39, 0.29) is 6.04 Å². The molecule has 0 saturated carbocycles. The van der Waals surface area contributed by atoms with Crippen molar-refractivity contribution in [3.63, 3.8) is 0 Å². The van der Waals surface area contributed by atoms with Gasteiger partial charge in [-0.25, -0.2) is 0 Å². The van der Waals surface area contributed by atoms with Crippen molar-refractivity contribution >= 4 is 0 Å². The van der Waals surface area contributed by atoms with Gasteiger partial charge in [0.2, 0.25) is 0 Å². The lowest BCUT2D eigenvalue weighted by atomic mass is 10.1. The third-order valence-corrected chi connectivity index (χ3v) is 4.46. The summed E-state index contributed by atoms with van der Waals surface area (Å²) >= 11 is 0. The molecule has 6 heteroatoms. The first-order chi connectivity index (χ1) is 9.94. The Kier molecular flexibility index (Phi) is 3.84. The summed E-state index contributed by atoms with van der Waals surface area (Å²) in [6, 6.07) is 5.80. The Balaban J connectivity index is 1.63. The number of piperazine rings is 1. The van der Waals surface area contributed by atoms with E-state index in [4.69, 9.17) is 0 Å². The molecule has 1 aromatic rings. The van der Waals surface area contributed by atoms with E-state index in [0.717, 1.165) is 24.0 Å². The minimum absolute atomic E-state index is 0.236. The van der Waals surface area contributed by atoms with Gasteiger partial charge in [-0.2, -0.15) is 13.2 Å². The molecule has 3 rings (SSSR count). The van der Waals surface area contributed by atoms with E-state index >= 15 is 0 Å². The van der Waals surface area contributed by atoms with E-state index in [2.05, 4.69) is 4.90 Å². The zero-order valence-electron chi connectivity index (χ0n) is 11.7. The first kappa shape index (κ1) is 14.7. The van der Waals surface area contributed by atoms with Crippen molar-refractivity contribution < 1.29 is 18.3 Å². The fourth-order valence-corrected chi connectivity index (χ4v) is 3.48. The number of rotatable bonds is 2. The molecule has 1 aromatic carbocycles. The van der Waals surface area contributed by atoms with Crippen LogP contribution in [0.5, 0.6) is 5.75 Å². The zero-order chi connectivity index (χ0) is 15.0. The Labute approximate surface area is 122 Å². The summed E-state index contributed by atoms with van der Waals surface area (Å²) in [5, 5.41) is 9.87. The molecule has 0 amide bonds. The summed E-state index contributed by atoms with van der Waals surface area (Å²) < 4.78 is 37.2. The molecule has 1 N–H and O–H groups in total. The number of fused-ring (bicyclic) bond motifs is 1. The molecule has 1 atom stereocenters. The molecule has 1 aliphatic heterocycles. The van der Waals surface area contributed by atoms with Crippen LogP contribution in [-0.4, -0.2) is 53.8 Å². The van der Waals surface area contributed by atoms with E-state index in [1.54, 1.807) is 6.07 Å². The smallest absolute Gasteiger partial charge is 0.401 e. The normalized spacial score (nSPS) is 24.2. The van der Waals surface area contributed by atoms with Crippen LogP contribution in [0.15, 0.2) is 18.2 Å². The molecule has 1 aliphatic carbocycles. The third-order valence-electron chi connectivity index (χ3n) is 4.46. The van der Waals surface area contributed by atoms with Gasteiger partial charge in [0.1, 0.15) is 5.75 Å². The van der Waals surface area contributed by atoms with Gasteiger partial charge in [0.25, 0.3) is 0 Å². The van der Waals surface area contributed by atoms with Gasteiger partial charge in [-0.05, 0) is 30.0 Å². The van der Waals surface area contributed by atoms with Gasteiger partial charge in [0, 0.05) is 32.2 Å². The molecule has 0 spiro atoms. The lowest BCUT2D eigenvalue weighted by Crippen LogP contribution is -2.49. The summed E-state index contributed by atoms with van der Waals surface area (Å²) in [4.78, 5) is 3.72. The van der Waals surface area contributed by atoms with E-state index in [9.17, 15) is 18.3 Å². The number of benzene rings is 1. The van der Waals surface area contributed by atoms with E-state index in [1.165, 1.54) is 4.90 Å². The largest absolute Gasteiger partial charge is 0.508 e. The molecular formula is C15H19F3N2O. The first-order valence-electron chi connectivity index (χ1n) is 7.28.